The van der Waals surface area contributed by atoms with Gasteiger partial charge in [0.1, 0.15) is 11.6 Å². The summed E-state index contributed by atoms with van der Waals surface area (Å²) in [5.41, 5.74) is 1.96. The molecule has 0 radical (unpaired) electrons. The zero-order valence-corrected chi connectivity index (χ0v) is 19.2. The van der Waals surface area contributed by atoms with Crippen LogP contribution in [0.15, 0.2) is 42.5 Å². The summed E-state index contributed by atoms with van der Waals surface area (Å²) in [6, 6.07) is 12.2. The number of nitrogens with zero attached hydrogens (tertiary/aromatic N) is 2. The Morgan fingerprint density at radius 3 is 2.45 bits per heavy atom. The number of hydrogen-bond acceptors (Lipinski definition) is 5. The molecule has 2 fully saturated rings. The molecule has 2 heterocycles. The standard InChI is InChI=1S/C25H30FN3O4/c1-16-13-28(14-17(2)33-16)23-9-4-18(10-22(23)26)12-27-25(31)19-11-24(30)29(15-19)20-5-7-21(32-3)8-6-20/h4-10,16-17,19H,11-15H2,1-3H3,(H,27,31). The molecule has 1 N–H and O–H groups in total. The Balaban J connectivity index is 1.34. The highest BCUT2D eigenvalue weighted by molar-refractivity contribution is 6.00. The molecule has 0 bridgehead atoms. The molecule has 0 saturated carbocycles. The first-order valence-electron chi connectivity index (χ1n) is 11.2. The maximum atomic E-state index is 14.8. The first kappa shape index (κ1) is 23.0. The van der Waals surface area contributed by atoms with E-state index in [2.05, 4.69) is 5.32 Å². The summed E-state index contributed by atoms with van der Waals surface area (Å²) in [5.74, 6) is -0.357. The second-order valence-corrected chi connectivity index (χ2v) is 8.77. The molecule has 2 amide bonds. The van der Waals surface area contributed by atoms with Gasteiger partial charge in [-0.2, -0.15) is 0 Å². The Labute approximate surface area is 193 Å². The predicted octanol–water partition coefficient (Wildman–Crippen LogP) is 3.12. The fourth-order valence-electron chi connectivity index (χ4n) is 4.52. The van der Waals surface area contributed by atoms with Crippen LogP contribution >= 0.6 is 0 Å². The number of hydrogen-bond donors (Lipinski definition) is 1. The Morgan fingerprint density at radius 1 is 1.12 bits per heavy atom. The zero-order chi connectivity index (χ0) is 23.5. The number of carbonyl (C=O) groups excluding carboxylic acids is 2. The van der Waals surface area contributed by atoms with Gasteiger partial charge in [-0.3, -0.25) is 9.59 Å². The number of halogens is 1. The third kappa shape index (κ3) is 5.27. The minimum Gasteiger partial charge on any atom is -0.497 e. The number of anilines is 2. The molecule has 2 aliphatic rings. The van der Waals surface area contributed by atoms with Crippen LogP contribution in [-0.4, -0.2) is 50.8 Å². The third-order valence-electron chi connectivity index (χ3n) is 6.12. The number of amides is 2. The number of carbonyl (C=O) groups is 2. The van der Waals surface area contributed by atoms with Gasteiger partial charge >= 0.3 is 0 Å². The van der Waals surface area contributed by atoms with Crippen molar-refractivity contribution in [3.05, 3.63) is 53.8 Å². The van der Waals surface area contributed by atoms with Crippen molar-refractivity contribution < 1.29 is 23.5 Å². The van der Waals surface area contributed by atoms with Crippen LogP contribution < -0.4 is 19.9 Å². The van der Waals surface area contributed by atoms with Gasteiger partial charge < -0.3 is 24.6 Å². The van der Waals surface area contributed by atoms with E-state index in [1.807, 2.05) is 24.8 Å². The van der Waals surface area contributed by atoms with Crippen molar-refractivity contribution in [2.24, 2.45) is 5.92 Å². The second-order valence-electron chi connectivity index (χ2n) is 8.77. The molecule has 0 aromatic heterocycles. The number of methoxy groups -OCH3 is 1. The average Bonchev–Trinajstić information content (AvgIpc) is 3.18. The summed E-state index contributed by atoms with van der Waals surface area (Å²) in [7, 11) is 1.58. The lowest BCUT2D eigenvalue weighted by Crippen LogP contribution is -2.45. The smallest absolute Gasteiger partial charge is 0.227 e. The van der Waals surface area contributed by atoms with E-state index in [1.165, 1.54) is 6.07 Å². The van der Waals surface area contributed by atoms with E-state index < -0.39 is 5.92 Å². The Bertz CT molecular complexity index is 1000. The molecule has 3 atom stereocenters. The minimum absolute atomic E-state index is 0.0405. The van der Waals surface area contributed by atoms with Crippen molar-refractivity contribution in [1.29, 1.82) is 0 Å². The highest BCUT2D eigenvalue weighted by atomic mass is 19.1. The average molecular weight is 456 g/mol. The van der Waals surface area contributed by atoms with Gasteiger partial charge in [0.15, 0.2) is 0 Å². The van der Waals surface area contributed by atoms with Gasteiger partial charge in [-0.1, -0.05) is 6.07 Å². The largest absolute Gasteiger partial charge is 0.497 e. The molecule has 8 heteroatoms. The summed E-state index contributed by atoms with van der Waals surface area (Å²) >= 11 is 0. The van der Waals surface area contributed by atoms with E-state index in [-0.39, 0.29) is 42.8 Å². The quantitative estimate of drug-likeness (QED) is 0.725. The second kappa shape index (κ2) is 9.79. The lowest BCUT2D eigenvalue weighted by atomic mass is 10.1. The van der Waals surface area contributed by atoms with Gasteiger partial charge in [0, 0.05) is 38.3 Å². The fourth-order valence-corrected chi connectivity index (χ4v) is 4.52. The van der Waals surface area contributed by atoms with E-state index in [9.17, 15) is 14.0 Å². The van der Waals surface area contributed by atoms with Gasteiger partial charge in [0.2, 0.25) is 11.8 Å². The van der Waals surface area contributed by atoms with Gasteiger partial charge in [-0.05, 0) is 55.8 Å². The maximum absolute atomic E-state index is 14.8. The van der Waals surface area contributed by atoms with E-state index in [0.29, 0.717) is 36.6 Å². The summed E-state index contributed by atoms with van der Waals surface area (Å²) < 4.78 is 25.7. The molecule has 2 aromatic rings. The molecular formula is C25H30FN3O4. The zero-order valence-electron chi connectivity index (χ0n) is 19.2. The highest BCUT2D eigenvalue weighted by Crippen LogP contribution is 2.27. The molecule has 176 valence electrons. The molecular weight excluding hydrogens is 425 g/mol. The summed E-state index contributed by atoms with van der Waals surface area (Å²) in [4.78, 5) is 28.7. The van der Waals surface area contributed by atoms with Crippen molar-refractivity contribution in [3.63, 3.8) is 0 Å². The first-order valence-corrected chi connectivity index (χ1v) is 11.2. The Hall–Kier alpha value is -3.13. The van der Waals surface area contributed by atoms with Gasteiger partial charge in [0.05, 0.1) is 30.9 Å². The summed E-state index contributed by atoms with van der Waals surface area (Å²) in [6.45, 7) is 5.76. The number of rotatable bonds is 6. The van der Waals surface area contributed by atoms with Crippen LogP contribution in [0.3, 0.4) is 0 Å². The maximum Gasteiger partial charge on any atom is 0.227 e. The van der Waals surface area contributed by atoms with Gasteiger partial charge in [-0.15, -0.1) is 0 Å². The van der Waals surface area contributed by atoms with Crippen LogP contribution in [0.1, 0.15) is 25.8 Å². The van der Waals surface area contributed by atoms with E-state index >= 15 is 0 Å². The van der Waals surface area contributed by atoms with Gasteiger partial charge in [-0.25, -0.2) is 4.39 Å². The fraction of sp³-hybridized carbons (Fsp3) is 0.440. The topological polar surface area (TPSA) is 71.1 Å². The van der Waals surface area contributed by atoms with Gasteiger partial charge in [0.25, 0.3) is 0 Å². The molecule has 0 aliphatic carbocycles. The molecule has 4 rings (SSSR count). The SMILES string of the molecule is COc1ccc(N2CC(C(=O)NCc3ccc(N4CC(C)OC(C)C4)c(F)c3)CC2=O)cc1. The third-order valence-corrected chi connectivity index (χ3v) is 6.12. The predicted molar refractivity (Wildman–Crippen MR) is 124 cm³/mol. The van der Waals surface area contributed by atoms with Crippen molar-refractivity contribution in [2.45, 2.75) is 39.0 Å². The lowest BCUT2D eigenvalue weighted by molar-refractivity contribution is -0.126. The van der Waals surface area contributed by atoms with Crippen LogP contribution in [0.2, 0.25) is 0 Å². The number of morpholine rings is 1. The van der Waals surface area contributed by atoms with E-state index in [1.54, 1.807) is 42.3 Å². The summed E-state index contributed by atoms with van der Waals surface area (Å²) in [6.07, 6.45) is 0.232. The Kier molecular flexibility index (Phi) is 6.83. The lowest BCUT2D eigenvalue weighted by Gasteiger charge is -2.37. The van der Waals surface area contributed by atoms with Crippen LogP contribution in [0.25, 0.3) is 0 Å². The molecule has 7 nitrogen and oxygen atoms in total. The molecule has 0 spiro atoms. The van der Waals surface area contributed by atoms with Crippen molar-refractivity contribution in [1.82, 2.24) is 5.32 Å². The van der Waals surface area contributed by atoms with Crippen LogP contribution in [-0.2, 0) is 20.9 Å². The number of benzene rings is 2. The molecule has 33 heavy (non-hydrogen) atoms. The molecule has 2 saturated heterocycles. The number of ether oxygens (including phenoxy) is 2. The van der Waals surface area contributed by atoms with Crippen LogP contribution in [0, 0.1) is 11.7 Å². The van der Waals surface area contributed by atoms with E-state index in [4.69, 9.17) is 9.47 Å². The molecule has 3 unspecified atom stereocenters. The molecule has 2 aromatic carbocycles. The normalized spacial score (nSPS) is 23.0. The van der Waals surface area contributed by atoms with E-state index in [0.717, 1.165) is 5.69 Å². The monoisotopic (exact) mass is 455 g/mol. The number of nitrogens with one attached hydrogen (secondary N) is 1. The Morgan fingerprint density at radius 2 is 1.82 bits per heavy atom. The van der Waals surface area contributed by atoms with Crippen molar-refractivity contribution >= 4 is 23.2 Å². The van der Waals surface area contributed by atoms with Crippen LogP contribution in [0.4, 0.5) is 15.8 Å². The molecule has 2 aliphatic heterocycles. The van der Waals surface area contributed by atoms with Crippen molar-refractivity contribution in [2.75, 3.05) is 36.5 Å². The van der Waals surface area contributed by atoms with Crippen molar-refractivity contribution in [3.8, 4) is 5.75 Å². The summed E-state index contributed by atoms with van der Waals surface area (Å²) in [5, 5.41) is 2.85. The van der Waals surface area contributed by atoms with Crippen LogP contribution in [0.5, 0.6) is 5.75 Å². The highest BCUT2D eigenvalue weighted by Gasteiger charge is 2.35. The minimum atomic E-state index is -0.444. The first-order chi connectivity index (χ1) is 15.8.